The molecule has 1 N–H and O–H groups in total. The van der Waals surface area contributed by atoms with Gasteiger partial charge in [-0.25, -0.2) is 4.63 Å². The third kappa shape index (κ3) is 22.7. The van der Waals surface area contributed by atoms with Gasteiger partial charge in [-0.05, 0) is 61.3 Å². The molecular formula is C38H64N5O11P. The fraction of sp³-hybridized carbons (Fsp3) is 0.737. The first kappa shape index (κ1) is 47.7. The standard InChI is InChI=1S/C38H64N5O11P/c1-5-6-7-8-9-10-11-12-13-14-15-16-17-18-20-23-35(44)50-30-32(31-52-55(48,49)51-29-28-43(2,3)4)53-36(45)24-21-19-22-27-39-33-25-26-34(42(46)47)38-37(33)40-54-41-38/h12-13,25-26,32H,5-11,14-24,27-31H2,1-4H3,(H-,39,41,48,49)/b13-12-. The molecule has 1 aromatic carbocycles. The van der Waals surface area contributed by atoms with E-state index in [1.54, 1.807) is 0 Å². The van der Waals surface area contributed by atoms with Gasteiger partial charge in [-0.15, -0.1) is 0 Å². The number of hydrogen-bond acceptors (Lipinski definition) is 14. The number of phosphoric acid groups is 1. The number of phosphoric ester groups is 1. The maximum absolute atomic E-state index is 12.7. The van der Waals surface area contributed by atoms with E-state index < -0.39 is 37.4 Å². The van der Waals surface area contributed by atoms with E-state index in [9.17, 15) is 29.2 Å². The molecule has 2 rings (SSSR count). The summed E-state index contributed by atoms with van der Waals surface area (Å²) in [6.45, 7) is 2.16. The molecule has 312 valence electrons. The first-order valence-corrected chi connectivity index (χ1v) is 21.3. The molecule has 0 saturated carbocycles. The fourth-order valence-electron chi connectivity index (χ4n) is 5.53. The third-order valence-corrected chi connectivity index (χ3v) is 9.73. The monoisotopic (exact) mass is 797 g/mol. The highest BCUT2D eigenvalue weighted by Gasteiger charge is 2.22. The van der Waals surface area contributed by atoms with E-state index in [1.165, 1.54) is 50.7 Å². The molecule has 0 spiro atoms. The first-order chi connectivity index (χ1) is 26.3. The van der Waals surface area contributed by atoms with Gasteiger partial charge in [0.15, 0.2) is 11.6 Å². The number of aromatic nitrogens is 2. The summed E-state index contributed by atoms with van der Waals surface area (Å²) >= 11 is 0. The number of ether oxygens (including phenoxy) is 2. The highest BCUT2D eigenvalue weighted by molar-refractivity contribution is 7.45. The number of anilines is 1. The third-order valence-electron chi connectivity index (χ3n) is 8.77. The summed E-state index contributed by atoms with van der Waals surface area (Å²) in [5, 5.41) is 21.7. The molecule has 2 unspecified atom stereocenters. The number of nitrogens with zero attached hydrogens (tertiary/aromatic N) is 4. The van der Waals surface area contributed by atoms with Crippen molar-refractivity contribution in [2.45, 2.75) is 129 Å². The van der Waals surface area contributed by atoms with Crippen molar-refractivity contribution in [3.8, 4) is 0 Å². The normalized spacial score (nSPS) is 13.5. The number of carbonyl (C=O) groups is 2. The highest BCUT2D eigenvalue weighted by atomic mass is 31.2. The van der Waals surface area contributed by atoms with Crippen molar-refractivity contribution in [2.75, 3.05) is 59.4 Å². The number of nitrogens with one attached hydrogen (secondary N) is 1. The van der Waals surface area contributed by atoms with E-state index in [0.29, 0.717) is 48.9 Å². The number of nitro groups is 1. The number of likely N-dealkylation sites (N-methyl/N-ethyl adjacent to an activating group) is 1. The Labute approximate surface area is 326 Å². The maximum Gasteiger partial charge on any atom is 0.306 e. The number of quaternary nitrogens is 1. The van der Waals surface area contributed by atoms with E-state index in [-0.39, 0.29) is 42.8 Å². The van der Waals surface area contributed by atoms with Crippen LogP contribution in [0.4, 0.5) is 11.4 Å². The molecule has 1 heterocycles. The van der Waals surface area contributed by atoms with E-state index >= 15 is 0 Å². The summed E-state index contributed by atoms with van der Waals surface area (Å²) in [6, 6.07) is 2.86. The second-order valence-electron chi connectivity index (χ2n) is 14.8. The van der Waals surface area contributed by atoms with E-state index in [0.717, 1.165) is 38.5 Å². The number of carbonyl (C=O) groups excluding carboxylic acids is 2. The van der Waals surface area contributed by atoms with Gasteiger partial charge in [-0.1, -0.05) is 76.9 Å². The molecule has 2 aromatic rings. The Morgan fingerprint density at radius 2 is 1.45 bits per heavy atom. The van der Waals surface area contributed by atoms with Gasteiger partial charge in [0.1, 0.15) is 19.8 Å². The van der Waals surface area contributed by atoms with Crippen LogP contribution in [0.1, 0.15) is 122 Å². The lowest BCUT2D eigenvalue weighted by molar-refractivity contribution is -0.870. The lowest BCUT2D eigenvalue weighted by Crippen LogP contribution is -2.37. The maximum atomic E-state index is 12.7. The molecule has 0 aliphatic carbocycles. The van der Waals surface area contributed by atoms with Gasteiger partial charge in [0.05, 0.1) is 38.4 Å². The van der Waals surface area contributed by atoms with Crippen LogP contribution in [0, 0.1) is 10.1 Å². The Bertz CT molecular complexity index is 1480. The number of benzene rings is 1. The number of rotatable bonds is 33. The highest BCUT2D eigenvalue weighted by Crippen LogP contribution is 2.38. The van der Waals surface area contributed by atoms with Crippen molar-refractivity contribution >= 4 is 42.2 Å². The van der Waals surface area contributed by atoms with E-state index in [2.05, 4.69) is 39.3 Å². The number of nitro benzene ring substituents is 1. The molecule has 2 atom stereocenters. The predicted octanol–water partition coefficient (Wildman–Crippen LogP) is 7.80. The van der Waals surface area contributed by atoms with Crippen molar-refractivity contribution in [3.05, 3.63) is 34.4 Å². The van der Waals surface area contributed by atoms with Crippen molar-refractivity contribution < 1.29 is 51.6 Å². The average molecular weight is 798 g/mol. The minimum absolute atomic E-state index is 0.0450. The average Bonchev–Trinajstić information content (AvgIpc) is 3.62. The lowest BCUT2D eigenvalue weighted by atomic mass is 10.1. The van der Waals surface area contributed by atoms with Gasteiger partial charge in [0.2, 0.25) is 5.52 Å². The molecule has 17 heteroatoms. The van der Waals surface area contributed by atoms with Gasteiger partial charge >= 0.3 is 17.6 Å². The number of allylic oxidation sites excluding steroid dienone is 2. The number of unbranched alkanes of at least 4 members (excludes halogenated alkanes) is 13. The van der Waals surface area contributed by atoms with Gasteiger partial charge in [0.25, 0.3) is 7.82 Å². The van der Waals surface area contributed by atoms with Crippen LogP contribution < -0.4 is 10.2 Å². The first-order valence-electron chi connectivity index (χ1n) is 19.9. The minimum atomic E-state index is -4.70. The molecule has 0 bridgehead atoms. The summed E-state index contributed by atoms with van der Waals surface area (Å²) < 4.78 is 38.3. The van der Waals surface area contributed by atoms with Crippen LogP contribution in [0.5, 0.6) is 0 Å². The summed E-state index contributed by atoms with van der Waals surface area (Å²) in [5.74, 6) is -1.05. The lowest BCUT2D eigenvalue weighted by Gasteiger charge is -2.28. The van der Waals surface area contributed by atoms with E-state index in [4.69, 9.17) is 18.5 Å². The second kappa shape index (κ2) is 27.2. The minimum Gasteiger partial charge on any atom is -0.756 e. The molecule has 0 aliphatic heterocycles. The molecule has 16 nitrogen and oxygen atoms in total. The molecule has 55 heavy (non-hydrogen) atoms. The quantitative estimate of drug-likeness (QED) is 0.0139. The van der Waals surface area contributed by atoms with Gasteiger partial charge in [-0.2, -0.15) is 0 Å². The van der Waals surface area contributed by atoms with Crippen molar-refractivity contribution in [2.24, 2.45) is 0 Å². The summed E-state index contributed by atoms with van der Waals surface area (Å²) in [4.78, 5) is 48.2. The summed E-state index contributed by atoms with van der Waals surface area (Å²) in [5.41, 5.74) is 0.630. The zero-order valence-corrected chi connectivity index (χ0v) is 34.3. The molecular weight excluding hydrogens is 733 g/mol. The van der Waals surface area contributed by atoms with Crippen LogP contribution in [0.25, 0.3) is 11.0 Å². The number of non-ortho nitro benzene ring substituents is 1. The molecule has 0 fully saturated rings. The Hall–Kier alpha value is -3.43. The second-order valence-corrected chi connectivity index (χ2v) is 16.2. The van der Waals surface area contributed by atoms with Gasteiger partial charge in [-0.3, -0.25) is 24.3 Å². The van der Waals surface area contributed by atoms with Crippen molar-refractivity contribution in [1.29, 1.82) is 0 Å². The molecule has 0 radical (unpaired) electrons. The predicted molar refractivity (Wildman–Crippen MR) is 208 cm³/mol. The Morgan fingerprint density at radius 3 is 2.11 bits per heavy atom. The number of fused-ring (bicyclic) bond motifs is 1. The van der Waals surface area contributed by atoms with E-state index in [1.807, 2.05) is 21.1 Å². The SMILES string of the molecule is CCCCCCCC/C=C\CCCCCCCC(=O)OCC(COP(=O)([O-])OCC[N+](C)(C)C)OC(=O)CCCCCNc1ccc([N+](=O)[O-])c2nonc12. The van der Waals surface area contributed by atoms with Crippen LogP contribution >= 0.6 is 7.82 Å². The molecule has 0 amide bonds. The molecule has 0 saturated heterocycles. The summed E-state index contributed by atoms with van der Waals surface area (Å²) in [7, 11) is 0.979. The zero-order chi connectivity index (χ0) is 40.4. The molecule has 0 aliphatic rings. The van der Waals surface area contributed by atoms with Gasteiger partial charge in [0, 0.05) is 25.5 Å². The van der Waals surface area contributed by atoms with Gasteiger partial charge < -0.3 is 33.2 Å². The van der Waals surface area contributed by atoms with Crippen LogP contribution in [-0.2, 0) is 32.7 Å². The zero-order valence-electron chi connectivity index (χ0n) is 33.4. The Balaban J connectivity index is 1.70. The van der Waals surface area contributed by atoms with Crippen LogP contribution in [0.15, 0.2) is 28.9 Å². The number of hydrogen-bond donors (Lipinski definition) is 1. The molecule has 1 aromatic heterocycles. The van der Waals surface area contributed by atoms with Crippen LogP contribution in [-0.4, -0.2) is 91.8 Å². The number of esters is 2. The fourth-order valence-corrected chi connectivity index (χ4v) is 6.26. The Kier molecular flexibility index (Phi) is 23.6. The topological polar surface area (TPSA) is 205 Å². The van der Waals surface area contributed by atoms with Crippen LogP contribution in [0.2, 0.25) is 0 Å². The van der Waals surface area contributed by atoms with Crippen molar-refractivity contribution in [3.63, 3.8) is 0 Å². The largest absolute Gasteiger partial charge is 0.756 e. The Morgan fingerprint density at radius 1 is 0.855 bits per heavy atom. The smallest absolute Gasteiger partial charge is 0.306 e. The summed E-state index contributed by atoms with van der Waals surface area (Å²) in [6.07, 6.45) is 20.3. The van der Waals surface area contributed by atoms with Crippen molar-refractivity contribution in [1.82, 2.24) is 10.3 Å². The van der Waals surface area contributed by atoms with Crippen LogP contribution in [0.3, 0.4) is 0 Å².